The maximum Gasteiger partial charge on any atom is 0.350 e. The maximum atomic E-state index is 12.2. The lowest BCUT2D eigenvalue weighted by atomic mass is 10.1. The predicted molar refractivity (Wildman–Crippen MR) is 75.7 cm³/mol. The van der Waals surface area contributed by atoms with Crippen LogP contribution in [0.5, 0.6) is 0 Å². The van der Waals surface area contributed by atoms with Gasteiger partial charge in [-0.25, -0.2) is 13.9 Å². The van der Waals surface area contributed by atoms with Gasteiger partial charge in [-0.3, -0.25) is 9.78 Å². The lowest BCUT2D eigenvalue weighted by molar-refractivity contribution is 0.0965. The Morgan fingerprint density at radius 3 is 2.85 bits per heavy atom. The van der Waals surface area contributed by atoms with E-state index < -0.39 is 0 Å². The molecular weight excluding hydrogens is 324 g/mol. The number of hydrogen-bond acceptors (Lipinski definition) is 4. The van der Waals surface area contributed by atoms with Crippen LogP contribution in [-0.4, -0.2) is 24.9 Å². The molecule has 0 spiro atoms. The van der Waals surface area contributed by atoms with E-state index in [1.165, 1.54) is 23.0 Å². The Morgan fingerprint density at radius 1 is 1.30 bits per heavy atom. The molecule has 0 saturated carbocycles. The molecule has 2 aromatic heterocycles. The van der Waals surface area contributed by atoms with E-state index in [9.17, 15) is 9.59 Å². The topological polar surface area (TPSA) is 69.3 Å². The summed E-state index contributed by atoms with van der Waals surface area (Å²) in [6.45, 7) is -0.108. The van der Waals surface area contributed by atoms with Crippen LogP contribution in [0.15, 0.2) is 52.1 Å². The van der Waals surface area contributed by atoms with Crippen LogP contribution in [0.1, 0.15) is 10.4 Å². The molecule has 0 fully saturated rings. The van der Waals surface area contributed by atoms with Gasteiger partial charge < -0.3 is 0 Å². The van der Waals surface area contributed by atoms with Gasteiger partial charge in [0, 0.05) is 22.4 Å². The number of hydrogen-bond donors (Lipinski definition) is 0. The number of rotatable bonds is 3. The molecule has 2 heterocycles. The molecule has 0 radical (unpaired) electrons. The average molecular weight is 333 g/mol. The largest absolute Gasteiger partial charge is 0.350 e. The average Bonchev–Trinajstić information content (AvgIpc) is 2.76. The van der Waals surface area contributed by atoms with Gasteiger partial charge in [-0.05, 0) is 6.07 Å². The van der Waals surface area contributed by atoms with Crippen molar-refractivity contribution in [2.45, 2.75) is 6.54 Å². The second-order valence-corrected chi connectivity index (χ2v) is 5.00. The second-order valence-electron chi connectivity index (χ2n) is 4.15. The number of fused-ring (bicyclic) bond motifs is 1. The highest BCUT2D eigenvalue weighted by atomic mass is 79.9. The highest BCUT2D eigenvalue weighted by molar-refractivity contribution is 9.10. The van der Waals surface area contributed by atoms with Gasteiger partial charge in [0.25, 0.3) is 0 Å². The molecule has 3 rings (SSSR count). The van der Waals surface area contributed by atoms with Crippen molar-refractivity contribution in [3.05, 3.63) is 63.4 Å². The molecule has 7 heteroatoms. The summed E-state index contributed by atoms with van der Waals surface area (Å²) in [7, 11) is 0. The van der Waals surface area contributed by atoms with Crippen molar-refractivity contribution in [2.75, 3.05) is 0 Å². The summed E-state index contributed by atoms with van der Waals surface area (Å²) in [6, 6.07) is 7.08. The summed E-state index contributed by atoms with van der Waals surface area (Å²) in [4.78, 5) is 28.2. The number of nitrogens with zero attached hydrogens (tertiary/aromatic N) is 4. The number of benzene rings is 1. The summed E-state index contributed by atoms with van der Waals surface area (Å²) in [5.41, 5.74) is 0.579. The molecule has 20 heavy (non-hydrogen) atoms. The zero-order valence-corrected chi connectivity index (χ0v) is 11.8. The fraction of sp³-hybridized carbons (Fsp3) is 0.0769. The molecular formula is C13H9BrN4O2. The van der Waals surface area contributed by atoms with Crippen molar-refractivity contribution in [1.29, 1.82) is 0 Å². The molecule has 6 nitrogen and oxygen atoms in total. The minimum atomic E-state index is -0.359. The van der Waals surface area contributed by atoms with E-state index in [0.717, 1.165) is 4.68 Å². The zero-order chi connectivity index (χ0) is 14.1. The number of carbonyl (C=O) groups excluding carboxylic acids is 1. The number of ketones is 1. The SMILES string of the molecule is O=C(Cn1nc2cnccn2c1=O)c1ccccc1Br. The molecule has 0 bridgehead atoms. The quantitative estimate of drug-likeness (QED) is 0.682. The first-order valence-electron chi connectivity index (χ1n) is 5.84. The third-order valence-corrected chi connectivity index (χ3v) is 3.55. The van der Waals surface area contributed by atoms with Crippen molar-refractivity contribution in [1.82, 2.24) is 19.2 Å². The third-order valence-electron chi connectivity index (χ3n) is 2.86. The van der Waals surface area contributed by atoms with Crippen LogP contribution in [0.3, 0.4) is 0 Å². The Bertz CT molecular complexity index is 853. The first kappa shape index (κ1) is 12.7. The first-order chi connectivity index (χ1) is 9.66. The Balaban J connectivity index is 1.98. The Kier molecular flexibility index (Phi) is 3.19. The van der Waals surface area contributed by atoms with Gasteiger partial charge in [-0.15, -0.1) is 5.10 Å². The number of Topliss-reactive ketones (excluding diaryl/α,β-unsaturated/α-hetero) is 1. The molecule has 0 amide bonds. The molecule has 100 valence electrons. The third kappa shape index (κ3) is 2.16. The molecule has 0 atom stereocenters. The fourth-order valence-corrected chi connectivity index (χ4v) is 2.40. The summed E-state index contributed by atoms with van der Waals surface area (Å²) in [5.74, 6) is -0.184. The summed E-state index contributed by atoms with van der Waals surface area (Å²) in [5, 5.41) is 4.08. The van der Waals surface area contributed by atoms with Crippen LogP contribution >= 0.6 is 15.9 Å². The van der Waals surface area contributed by atoms with Gasteiger partial charge in [0.05, 0.1) is 6.20 Å². The van der Waals surface area contributed by atoms with Crippen molar-refractivity contribution in [2.24, 2.45) is 0 Å². The smallest absolute Gasteiger partial charge is 0.292 e. The second kappa shape index (κ2) is 5.01. The fourth-order valence-electron chi connectivity index (χ4n) is 1.89. The van der Waals surface area contributed by atoms with E-state index in [-0.39, 0.29) is 18.0 Å². The van der Waals surface area contributed by atoms with Gasteiger partial charge in [0.2, 0.25) is 0 Å². The van der Waals surface area contributed by atoms with Gasteiger partial charge in [0.15, 0.2) is 11.4 Å². The lowest BCUT2D eigenvalue weighted by Gasteiger charge is -2.02. The van der Waals surface area contributed by atoms with Crippen LogP contribution in [0, 0.1) is 0 Å². The van der Waals surface area contributed by atoms with E-state index in [0.29, 0.717) is 15.7 Å². The number of halogens is 1. The number of aromatic nitrogens is 4. The van der Waals surface area contributed by atoms with Crippen LogP contribution in [0.4, 0.5) is 0 Å². The highest BCUT2D eigenvalue weighted by Gasteiger charge is 2.14. The Hall–Kier alpha value is -2.28. The van der Waals surface area contributed by atoms with Crippen molar-refractivity contribution >= 4 is 27.4 Å². The highest BCUT2D eigenvalue weighted by Crippen LogP contribution is 2.16. The summed E-state index contributed by atoms with van der Waals surface area (Å²) in [6.07, 6.45) is 4.49. The minimum Gasteiger partial charge on any atom is -0.292 e. The first-order valence-corrected chi connectivity index (χ1v) is 6.63. The molecule has 0 saturated heterocycles. The monoisotopic (exact) mass is 332 g/mol. The van der Waals surface area contributed by atoms with Crippen LogP contribution in [-0.2, 0) is 6.54 Å². The number of carbonyl (C=O) groups is 1. The van der Waals surface area contributed by atoms with Crippen LogP contribution in [0.25, 0.3) is 5.65 Å². The molecule has 0 aliphatic heterocycles. The molecule has 0 aliphatic rings. The van der Waals surface area contributed by atoms with E-state index in [1.807, 2.05) is 6.07 Å². The van der Waals surface area contributed by atoms with Gasteiger partial charge in [0.1, 0.15) is 6.54 Å². The summed E-state index contributed by atoms with van der Waals surface area (Å²) < 4.78 is 3.18. The normalized spacial score (nSPS) is 10.8. The van der Waals surface area contributed by atoms with Gasteiger partial charge in [-0.2, -0.15) is 0 Å². The lowest BCUT2D eigenvalue weighted by Crippen LogP contribution is -2.25. The minimum absolute atomic E-state index is 0.108. The van der Waals surface area contributed by atoms with Crippen molar-refractivity contribution in [3.8, 4) is 0 Å². The molecule has 0 N–H and O–H groups in total. The predicted octanol–water partition coefficient (Wildman–Crippen LogP) is 1.54. The molecule has 3 aromatic rings. The van der Waals surface area contributed by atoms with Crippen molar-refractivity contribution in [3.63, 3.8) is 0 Å². The van der Waals surface area contributed by atoms with E-state index in [1.54, 1.807) is 18.2 Å². The zero-order valence-electron chi connectivity index (χ0n) is 10.2. The Labute approximate surface area is 121 Å². The van der Waals surface area contributed by atoms with E-state index in [2.05, 4.69) is 26.0 Å². The standard InChI is InChI=1S/C13H9BrN4O2/c14-10-4-2-1-3-9(10)11(19)8-18-13(20)17-6-5-15-7-12(17)16-18/h1-7H,8H2. The van der Waals surface area contributed by atoms with Crippen LogP contribution in [0.2, 0.25) is 0 Å². The van der Waals surface area contributed by atoms with E-state index in [4.69, 9.17) is 0 Å². The van der Waals surface area contributed by atoms with E-state index >= 15 is 0 Å². The maximum absolute atomic E-state index is 12.2. The molecule has 1 aromatic carbocycles. The summed E-state index contributed by atoms with van der Waals surface area (Å²) >= 11 is 3.32. The molecule has 0 aliphatic carbocycles. The van der Waals surface area contributed by atoms with Gasteiger partial charge >= 0.3 is 5.69 Å². The molecule has 0 unspecified atom stereocenters. The Morgan fingerprint density at radius 2 is 2.10 bits per heavy atom. The van der Waals surface area contributed by atoms with Crippen LogP contribution < -0.4 is 5.69 Å². The van der Waals surface area contributed by atoms with Crippen molar-refractivity contribution < 1.29 is 4.79 Å². The van der Waals surface area contributed by atoms with Gasteiger partial charge in [-0.1, -0.05) is 34.1 Å².